The van der Waals surface area contributed by atoms with Gasteiger partial charge in [-0.25, -0.2) is 10.4 Å². The molecule has 1 heterocycles. The predicted octanol–water partition coefficient (Wildman–Crippen LogP) is 3.06. The van der Waals surface area contributed by atoms with Gasteiger partial charge < -0.3 is 4.90 Å². The predicted molar refractivity (Wildman–Crippen MR) is 97.6 cm³/mol. The van der Waals surface area contributed by atoms with Crippen LogP contribution in [0.25, 0.3) is 10.9 Å². The molecule has 0 aliphatic rings. The van der Waals surface area contributed by atoms with Gasteiger partial charge in [0.1, 0.15) is 5.69 Å². The Labute approximate surface area is 140 Å². The first kappa shape index (κ1) is 15.7. The number of carbonyl (C=O) groups is 1. The lowest BCUT2D eigenvalue weighted by atomic mass is 10.2. The largest absolute Gasteiger partial charge is 0.378 e. The molecule has 1 aromatic heterocycles. The Balaban J connectivity index is 1.67. The highest BCUT2D eigenvalue weighted by Crippen LogP contribution is 2.12. The number of nitrogens with one attached hydrogen (secondary N) is 1. The average Bonchev–Trinajstić information content (AvgIpc) is 2.61. The van der Waals surface area contributed by atoms with Gasteiger partial charge in [-0.2, -0.15) is 5.10 Å². The molecule has 0 fully saturated rings. The van der Waals surface area contributed by atoms with E-state index in [1.807, 2.05) is 73.6 Å². The molecule has 0 radical (unpaired) electrons. The van der Waals surface area contributed by atoms with Crippen LogP contribution in [0.5, 0.6) is 0 Å². The van der Waals surface area contributed by atoms with Crippen LogP contribution in [0.2, 0.25) is 0 Å². The van der Waals surface area contributed by atoms with Gasteiger partial charge in [0.2, 0.25) is 0 Å². The molecule has 0 atom stereocenters. The number of hydrogen-bond donors (Lipinski definition) is 1. The zero-order valence-electron chi connectivity index (χ0n) is 13.6. The van der Waals surface area contributed by atoms with Crippen molar-refractivity contribution in [1.29, 1.82) is 0 Å². The van der Waals surface area contributed by atoms with E-state index in [9.17, 15) is 4.79 Å². The average molecular weight is 318 g/mol. The molecule has 0 saturated heterocycles. The van der Waals surface area contributed by atoms with Crippen molar-refractivity contribution in [3.63, 3.8) is 0 Å². The number of aromatic nitrogens is 1. The van der Waals surface area contributed by atoms with Gasteiger partial charge in [0.05, 0.1) is 11.7 Å². The highest BCUT2D eigenvalue weighted by atomic mass is 16.2. The van der Waals surface area contributed by atoms with Crippen LogP contribution in [0.4, 0.5) is 5.69 Å². The minimum absolute atomic E-state index is 0.332. The lowest BCUT2D eigenvalue weighted by Crippen LogP contribution is -2.18. The minimum atomic E-state index is -0.332. The summed E-state index contributed by atoms with van der Waals surface area (Å²) in [6.07, 6.45) is 1.61. The second-order valence-corrected chi connectivity index (χ2v) is 5.57. The van der Waals surface area contributed by atoms with Gasteiger partial charge in [0.15, 0.2) is 0 Å². The first-order valence-electron chi connectivity index (χ1n) is 7.60. The topological polar surface area (TPSA) is 57.6 Å². The number of carbonyl (C=O) groups excluding carboxylic acids is 1. The molecule has 5 heteroatoms. The summed E-state index contributed by atoms with van der Waals surface area (Å²) in [4.78, 5) is 18.5. The summed E-state index contributed by atoms with van der Waals surface area (Å²) < 4.78 is 0. The van der Waals surface area contributed by atoms with E-state index in [0.717, 1.165) is 22.2 Å². The number of fused-ring (bicyclic) bond motifs is 1. The number of benzene rings is 2. The van der Waals surface area contributed by atoms with Gasteiger partial charge in [-0.15, -0.1) is 0 Å². The molecule has 1 amide bonds. The van der Waals surface area contributed by atoms with Crippen LogP contribution in [0.15, 0.2) is 65.8 Å². The molecule has 2 aromatic carbocycles. The summed E-state index contributed by atoms with van der Waals surface area (Å²) in [5, 5.41) is 4.99. The molecular formula is C19H18N4O. The van der Waals surface area contributed by atoms with Gasteiger partial charge in [0.25, 0.3) is 5.91 Å². The number of anilines is 1. The molecular weight excluding hydrogens is 300 g/mol. The highest BCUT2D eigenvalue weighted by molar-refractivity contribution is 5.95. The molecule has 24 heavy (non-hydrogen) atoms. The Bertz CT molecular complexity index is 885. The number of hydrogen-bond acceptors (Lipinski definition) is 4. The second-order valence-electron chi connectivity index (χ2n) is 5.57. The van der Waals surface area contributed by atoms with Crippen molar-refractivity contribution in [2.75, 3.05) is 19.0 Å². The van der Waals surface area contributed by atoms with Gasteiger partial charge in [-0.1, -0.05) is 36.4 Å². The van der Waals surface area contributed by atoms with Crippen LogP contribution in [-0.2, 0) is 0 Å². The van der Waals surface area contributed by atoms with Gasteiger partial charge in [-0.3, -0.25) is 4.79 Å². The van der Waals surface area contributed by atoms with Crippen LogP contribution < -0.4 is 10.3 Å². The van der Waals surface area contributed by atoms with E-state index in [1.165, 1.54) is 0 Å². The third kappa shape index (κ3) is 3.57. The number of para-hydroxylation sites is 1. The Morgan fingerprint density at radius 1 is 1.04 bits per heavy atom. The van der Waals surface area contributed by atoms with Crippen LogP contribution >= 0.6 is 0 Å². The number of rotatable bonds is 4. The van der Waals surface area contributed by atoms with E-state index >= 15 is 0 Å². The first-order valence-corrected chi connectivity index (χ1v) is 7.60. The summed E-state index contributed by atoms with van der Waals surface area (Å²) in [7, 11) is 3.97. The molecule has 0 aliphatic heterocycles. The third-order valence-electron chi connectivity index (χ3n) is 3.62. The fourth-order valence-corrected chi connectivity index (χ4v) is 2.27. The van der Waals surface area contributed by atoms with E-state index in [1.54, 1.807) is 12.3 Å². The van der Waals surface area contributed by atoms with Crippen LogP contribution in [0, 0.1) is 0 Å². The minimum Gasteiger partial charge on any atom is -0.378 e. The third-order valence-corrected chi connectivity index (χ3v) is 3.62. The molecule has 0 bridgehead atoms. The smallest absolute Gasteiger partial charge is 0.289 e. The Kier molecular flexibility index (Phi) is 4.52. The van der Waals surface area contributed by atoms with Crippen molar-refractivity contribution >= 4 is 28.7 Å². The van der Waals surface area contributed by atoms with E-state index in [-0.39, 0.29) is 5.91 Å². The van der Waals surface area contributed by atoms with E-state index in [4.69, 9.17) is 0 Å². The number of hydrazone groups is 1. The Hall–Kier alpha value is -3.21. The summed E-state index contributed by atoms with van der Waals surface area (Å²) >= 11 is 0. The first-order chi connectivity index (χ1) is 11.6. The molecule has 0 unspecified atom stereocenters. The summed E-state index contributed by atoms with van der Waals surface area (Å²) in [6, 6.07) is 19.1. The summed E-state index contributed by atoms with van der Waals surface area (Å²) in [6.45, 7) is 0. The van der Waals surface area contributed by atoms with Crippen LogP contribution in [0.3, 0.4) is 0 Å². The standard InChI is InChI=1S/C19H18N4O/c1-23(2)16-10-7-14(8-11-16)13-20-22-19(24)18-12-9-15-5-3-4-6-17(15)21-18/h3-13H,1-2H3,(H,22,24)/b20-13+. The van der Waals surface area contributed by atoms with Crippen molar-refractivity contribution in [2.45, 2.75) is 0 Å². The molecule has 0 aliphatic carbocycles. The molecule has 0 spiro atoms. The molecule has 0 saturated carbocycles. The van der Waals surface area contributed by atoms with E-state index < -0.39 is 0 Å². The summed E-state index contributed by atoms with van der Waals surface area (Å²) in [5.74, 6) is -0.332. The Morgan fingerprint density at radius 2 is 1.79 bits per heavy atom. The normalized spacial score (nSPS) is 10.9. The zero-order valence-corrected chi connectivity index (χ0v) is 13.6. The Morgan fingerprint density at radius 3 is 2.54 bits per heavy atom. The number of amides is 1. The van der Waals surface area contributed by atoms with E-state index in [0.29, 0.717) is 5.69 Å². The molecule has 1 N–H and O–H groups in total. The highest BCUT2D eigenvalue weighted by Gasteiger charge is 2.06. The lowest BCUT2D eigenvalue weighted by molar-refractivity contribution is 0.0950. The van der Waals surface area contributed by atoms with Crippen molar-refractivity contribution in [1.82, 2.24) is 10.4 Å². The molecule has 3 rings (SSSR count). The van der Waals surface area contributed by atoms with Crippen molar-refractivity contribution in [2.24, 2.45) is 5.10 Å². The maximum Gasteiger partial charge on any atom is 0.289 e. The number of pyridine rings is 1. The van der Waals surface area contributed by atoms with Gasteiger partial charge in [0, 0.05) is 25.2 Å². The van der Waals surface area contributed by atoms with Crippen molar-refractivity contribution in [3.8, 4) is 0 Å². The fraction of sp³-hybridized carbons (Fsp3) is 0.105. The fourth-order valence-electron chi connectivity index (χ4n) is 2.27. The van der Waals surface area contributed by atoms with Crippen LogP contribution in [0.1, 0.15) is 16.1 Å². The summed E-state index contributed by atoms with van der Waals surface area (Å²) in [5.41, 5.74) is 5.65. The van der Waals surface area contributed by atoms with Gasteiger partial charge in [-0.05, 0) is 29.8 Å². The maximum absolute atomic E-state index is 12.1. The molecule has 5 nitrogen and oxygen atoms in total. The maximum atomic E-state index is 12.1. The number of nitrogens with zero attached hydrogens (tertiary/aromatic N) is 3. The van der Waals surface area contributed by atoms with Gasteiger partial charge >= 0.3 is 0 Å². The van der Waals surface area contributed by atoms with E-state index in [2.05, 4.69) is 15.5 Å². The zero-order chi connectivity index (χ0) is 16.9. The molecule has 3 aromatic rings. The van der Waals surface area contributed by atoms with Crippen LogP contribution in [-0.4, -0.2) is 31.2 Å². The van der Waals surface area contributed by atoms with Crippen molar-refractivity contribution in [3.05, 3.63) is 71.9 Å². The van der Waals surface area contributed by atoms with Crippen molar-refractivity contribution < 1.29 is 4.79 Å². The lowest BCUT2D eigenvalue weighted by Gasteiger charge is -2.11. The second kappa shape index (κ2) is 6.91. The molecule has 120 valence electrons. The monoisotopic (exact) mass is 318 g/mol. The quantitative estimate of drug-likeness (QED) is 0.594. The SMILES string of the molecule is CN(C)c1ccc(/C=N/NC(=O)c2ccc3ccccc3n2)cc1.